The van der Waals surface area contributed by atoms with Gasteiger partial charge in [0.25, 0.3) is 5.69 Å². The third-order valence-electron chi connectivity index (χ3n) is 3.42. The van der Waals surface area contributed by atoms with Gasteiger partial charge in [0.15, 0.2) is 5.92 Å². The minimum Gasteiger partial charge on any atom is -0.465 e. The van der Waals surface area contributed by atoms with E-state index in [2.05, 4.69) is 0 Å². The molecule has 1 aromatic rings. The fourth-order valence-electron chi connectivity index (χ4n) is 2.34. The standard InChI is InChI=1S/C17H21NO8/c1-5-24-15(19)11-9-13(18(22)23)12(8-10(11)4)14(16(20)25-6-2)17(21)26-7-3/h8-9,14H,5-7H2,1-4H3. The second-order valence-electron chi connectivity index (χ2n) is 5.14. The van der Waals surface area contributed by atoms with E-state index < -0.39 is 34.4 Å². The number of carbonyl (C=O) groups is 3. The molecule has 0 saturated carbocycles. The predicted molar refractivity (Wildman–Crippen MR) is 89.8 cm³/mol. The molecule has 26 heavy (non-hydrogen) atoms. The van der Waals surface area contributed by atoms with E-state index in [1.165, 1.54) is 13.0 Å². The molecule has 1 rings (SSSR count). The van der Waals surface area contributed by atoms with Crippen LogP contribution in [0.1, 0.15) is 48.2 Å². The van der Waals surface area contributed by atoms with Crippen molar-refractivity contribution in [2.45, 2.75) is 33.6 Å². The zero-order chi connectivity index (χ0) is 19.9. The second kappa shape index (κ2) is 9.50. The first-order valence-electron chi connectivity index (χ1n) is 8.07. The van der Waals surface area contributed by atoms with Gasteiger partial charge in [0.05, 0.1) is 35.9 Å². The van der Waals surface area contributed by atoms with Gasteiger partial charge in [-0.15, -0.1) is 0 Å². The number of hydrogen-bond acceptors (Lipinski definition) is 8. The molecule has 0 unspecified atom stereocenters. The van der Waals surface area contributed by atoms with Gasteiger partial charge in [0.2, 0.25) is 0 Å². The first-order valence-corrected chi connectivity index (χ1v) is 8.07. The van der Waals surface area contributed by atoms with Crippen LogP contribution in [0.2, 0.25) is 0 Å². The highest BCUT2D eigenvalue weighted by atomic mass is 16.6. The quantitative estimate of drug-likeness (QED) is 0.225. The lowest BCUT2D eigenvalue weighted by Crippen LogP contribution is -2.27. The lowest BCUT2D eigenvalue weighted by molar-refractivity contribution is -0.385. The third-order valence-corrected chi connectivity index (χ3v) is 3.42. The van der Waals surface area contributed by atoms with Crippen molar-refractivity contribution in [3.63, 3.8) is 0 Å². The molecule has 0 spiro atoms. The molecule has 0 aromatic heterocycles. The minimum atomic E-state index is -1.62. The number of benzene rings is 1. The van der Waals surface area contributed by atoms with Crippen molar-refractivity contribution in [2.24, 2.45) is 0 Å². The number of ether oxygens (including phenoxy) is 3. The Morgan fingerprint density at radius 1 is 1.00 bits per heavy atom. The molecule has 0 atom stereocenters. The van der Waals surface area contributed by atoms with E-state index in [4.69, 9.17) is 14.2 Å². The third kappa shape index (κ3) is 4.78. The topological polar surface area (TPSA) is 122 Å². The molecule has 9 heteroatoms. The Bertz CT molecular complexity index is 695. The van der Waals surface area contributed by atoms with Crippen LogP contribution in [0, 0.1) is 17.0 Å². The zero-order valence-electron chi connectivity index (χ0n) is 15.1. The molecule has 0 amide bonds. The van der Waals surface area contributed by atoms with Crippen molar-refractivity contribution in [3.8, 4) is 0 Å². The van der Waals surface area contributed by atoms with Crippen LogP contribution in [0.4, 0.5) is 5.69 Å². The van der Waals surface area contributed by atoms with Crippen molar-refractivity contribution < 1.29 is 33.5 Å². The normalized spacial score (nSPS) is 10.3. The highest BCUT2D eigenvalue weighted by Crippen LogP contribution is 2.32. The van der Waals surface area contributed by atoms with E-state index in [1.54, 1.807) is 20.8 Å². The summed E-state index contributed by atoms with van der Waals surface area (Å²) in [6.45, 7) is 6.29. The molecule has 142 valence electrons. The van der Waals surface area contributed by atoms with Crippen molar-refractivity contribution in [2.75, 3.05) is 19.8 Å². The summed E-state index contributed by atoms with van der Waals surface area (Å²) in [6.07, 6.45) is 0. The number of esters is 3. The largest absolute Gasteiger partial charge is 0.465 e. The van der Waals surface area contributed by atoms with Crippen LogP contribution in [0.25, 0.3) is 0 Å². The average molecular weight is 367 g/mol. The smallest absolute Gasteiger partial charge is 0.338 e. The summed E-state index contributed by atoms with van der Waals surface area (Å²) in [7, 11) is 0. The number of rotatable bonds is 8. The molecule has 0 aliphatic rings. The van der Waals surface area contributed by atoms with E-state index in [-0.39, 0.29) is 30.9 Å². The van der Waals surface area contributed by atoms with E-state index in [9.17, 15) is 24.5 Å². The molecule has 0 bridgehead atoms. The van der Waals surface area contributed by atoms with Gasteiger partial charge >= 0.3 is 17.9 Å². The summed E-state index contributed by atoms with van der Waals surface area (Å²) in [5, 5.41) is 11.5. The molecule has 0 aliphatic heterocycles. The van der Waals surface area contributed by atoms with E-state index in [0.29, 0.717) is 5.56 Å². The summed E-state index contributed by atoms with van der Waals surface area (Å²) in [4.78, 5) is 47.1. The lowest BCUT2D eigenvalue weighted by Gasteiger charge is -2.16. The number of nitro benzene ring substituents is 1. The van der Waals surface area contributed by atoms with Crippen LogP contribution < -0.4 is 0 Å². The summed E-state index contributed by atoms with van der Waals surface area (Å²) < 4.78 is 14.6. The predicted octanol–water partition coefficient (Wildman–Crippen LogP) is 2.29. The van der Waals surface area contributed by atoms with Crippen molar-refractivity contribution in [3.05, 3.63) is 38.9 Å². The molecule has 0 radical (unpaired) electrons. The highest BCUT2D eigenvalue weighted by Gasteiger charge is 2.37. The van der Waals surface area contributed by atoms with E-state index in [0.717, 1.165) is 6.07 Å². The monoisotopic (exact) mass is 367 g/mol. The Balaban J connectivity index is 3.56. The molecule has 0 N–H and O–H groups in total. The minimum absolute atomic E-state index is 0.0115. The van der Waals surface area contributed by atoms with Crippen LogP contribution in [-0.2, 0) is 23.8 Å². The van der Waals surface area contributed by atoms with E-state index in [1.807, 2.05) is 0 Å². The molecule has 9 nitrogen and oxygen atoms in total. The van der Waals surface area contributed by atoms with Crippen molar-refractivity contribution in [1.82, 2.24) is 0 Å². The average Bonchev–Trinajstić information content (AvgIpc) is 2.55. The fraction of sp³-hybridized carbons (Fsp3) is 0.471. The Morgan fingerprint density at radius 3 is 1.92 bits per heavy atom. The van der Waals surface area contributed by atoms with Crippen molar-refractivity contribution in [1.29, 1.82) is 0 Å². The van der Waals surface area contributed by atoms with E-state index >= 15 is 0 Å². The Labute approximate surface area is 150 Å². The van der Waals surface area contributed by atoms with Gasteiger partial charge in [-0.1, -0.05) is 0 Å². The Kier molecular flexibility index (Phi) is 7.70. The van der Waals surface area contributed by atoms with Crippen LogP contribution >= 0.6 is 0 Å². The van der Waals surface area contributed by atoms with Gasteiger partial charge in [-0.3, -0.25) is 19.7 Å². The molecule has 0 fully saturated rings. The first kappa shape index (κ1) is 21.1. The van der Waals surface area contributed by atoms with Gasteiger partial charge in [0, 0.05) is 6.07 Å². The van der Waals surface area contributed by atoms with Crippen LogP contribution in [-0.4, -0.2) is 42.7 Å². The molecule has 0 heterocycles. The van der Waals surface area contributed by atoms with Crippen LogP contribution in [0.5, 0.6) is 0 Å². The molecule has 0 saturated heterocycles. The second-order valence-corrected chi connectivity index (χ2v) is 5.14. The Morgan fingerprint density at radius 2 is 1.50 bits per heavy atom. The van der Waals surface area contributed by atoms with Gasteiger partial charge < -0.3 is 14.2 Å². The van der Waals surface area contributed by atoms with Crippen LogP contribution in [0.15, 0.2) is 12.1 Å². The number of nitro groups is 1. The molecule has 1 aromatic carbocycles. The van der Waals surface area contributed by atoms with Gasteiger partial charge in [0.1, 0.15) is 0 Å². The molecule has 0 aliphatic carbocycles. The molecular weight excluding hydrogens is 346 g/mol. The maximum Gasteiger partial charge on any atom is 0.338 e. The summed E-state index contributed by atoms with van der Waals surface area (Å²) >= 11 is 0. The highest BCUT2D eigenvalue weighted by molar-refractivity contribution is 6.02. The fourth-order valence-corrected chi connectivity index (χ4v) is 2.34. The lowest BCUT2D eigenvalue weighted by atomic mass is 9.93. The Hall–Kier alpha value is -2.97. The zero-order valence-corrected chi connectivity index (χ0v) is 15.1. The molecular formula is C17H21NO8. The van der Waals surface area contributed by atoms with Crippen LogP contribution in [0.3, 0.4) is 0 Å². The number of hydrogen-bond donors (Lipinski definition) is 0. The van der Waals surface area contributed by atoms with Crippen molar-refractivity contribution >= 4 is 23.6 Å². The SMILES string of the molecule is CCOC(=O)c1cc([N+](=O)[O-])c(C(C(=O)OCC)C(=O)OCC)cc1C. The first-order chi connectivity index (χ1) is 12.3. The maximum atomic E-state index is 12.2. The summed E-state index contributed by atoms with van der Waals surface area (Å²) in [5.74, 6) is -4.27. The number of aryl methyl sites for hydroxylation is 1. The number of carbonyl (C=O) groups excluding carboxylic acids is 3. The number of nitrogens with zero attached hydrogens (tertiary/aromatic N) is 1. The summed E-state index contributed by atoms with van der Waals surface area (Å²) in [6, 6.07) is 2.23. The van der Waals surface area contributed by atoms with Gasteiger partial charge in [-0.05, 0) is 39.3 Å². The maximum absolute atomic E-state index is 12.2. The summed E-state index contributed by atoms with van der Waals surface area (Å²) in [5.41, 5.74) is -0.460. The van der Waals surface area contributed by atoms with Gasteiger partial charge in [-0.25, -0.2) is 4.79 Å². The van der Waals surface area contributed by atoms with Gasteiger partial charge in [-0.2, -0.15) is 0 Å².